The van der Waals surface area contributed by atoms with Crippen LogP contribution in [-0.2, 0) is 28.4 Å². The Morgan fingerprint density at radius 1 is 0.943 bits per heavy atom. The Hall–Kier alpha value is -1.85. The van der Waals surface area contributed by atoms with Crippen molar-refractivity contribution in [3.05, 3.63) is 34.9 Å². The van der Waals surface area contributed by atoms with Crippen molar-refractivity contribution >= 4 is 5.91 Å². The van der Waals surface area contributed by atoms with Gasteiger partial charge < -0.3 is 20.5 Å². The van der Waals surface area contributed by atoms with Crippen LogP contribution in [0.15, 0.2) is 18.2 Å². The summed E-state index contributed by atoms with van der Waals surface area (Å²) in [5, 5.41) is 17.4. The number of carbonyl (C=O) groups excluding carboxylic acids is 1. The highest BCUT2D eigenvalue weighted by molar-refractivity contribution is 5.84. The SMILES string of the molecule is O=C(NCc1cc(C(F)(F)F)cc(C(F)(F)F)c1)C1(C2(O)CCC2)CCC(NC2CCOCC2)C1. The van der Waals surface area contributed by atoms with E-state index in [1.807, 2.05) is 0 Å². The van der Waals surface area contributed by atoms with Crippen LogP contribution in [0.25, 0.3) is 0 Å². The van der Waals surface area contributed by atoms with Crippen molar-refractivity contribution in [2.45, 2.75) is 87.9 Å². The molecule has 1 saturated heterocycles. The lowest BCUT2D eigenvalue weighted by molar-refractivity contribution is -0.168. The number of hydrogen-bond donors (Lipinski definition) is 3. The highest BCUT2D eigenvalue weighted by Crippen LogP contribution is 2.55. The van der Waals surface area contributed by atoms with Gasteiger partial charge in [0.1, 0.15) is 0 Å². The molecule has 0 spiro atoms. The standard InChI is InChI=1S/C24H30F6N2O3/c25-23(26,27)16-10-15(11-17(12-16)24(28,29)30)14-31-20(33)21(22(34)5-1-6-22)7-2-19(13-21)32-18-3-8-35-9-4-18/h10-12,18-19,32,34H,1-9,13-14H2,(H,31,33). The molecule has 0 bridgehead atoms. The molecule has 0 radical (unpaired) electrons. The fraction of sp³-hybridized carbons (Fsp3) is 0.708. The number of halogens is 6. The van der Waals surface area contributed by atoms with E-state index in [0.29, 0.717) is 57.5 Å². The Bertz CT molecular complexity index is 893. The van der Waals surface area contributed by atoms with Crippen LogP contribution >= 0.6 is 0 Å². The van der Waals surface area contributed by atoms with Crippen LogP contribution in [0, 0.1) is 5.41 Å². The molecular weight excluding hydrogens is 478 g/mol. The van der Waals surface area contributed by atoms with Crippen molar-refractivity contribution < 1.29 is 41.0 Å². The molecule has 1 heterocycles. The van der Waals surface area contributed by atoms with Gasteiger partial charge in [0.15, 0.2) is 0 Å². The minimum atomic E-state index is -4.96. The van der Waals surface area contributed by atoms with Gasteiger partial charge >= 0.3 is 12.4 Å². The maximum atomic E-state index is 13.4. The fourth-order valence-electron chi connectivity index (χ4n) is 5.69. The van der Waals surface area contributed by atoms with E-state index in [0.717, 1.165) is 19.3 Å². The molecule has 3 aliphatic rings. The zero-order valence-electron chi connectivity index (χ0n) is 19.2. The molecule has 1 aromatic rings. The summed E-state index contributed by atoms with van der Waals surface area (Å²) in [4.78, 5) is 13.4. The summed E-state index contributed by atoms with van der Waals surface area (Å²) in [6.07, 6.45) is -5.20. The lowest BCUT2D eigenvalue weighted by atomic mass is 9.59. The van der Waals surface area contributed by atoms with Crippen molar-refractivity contribution in [1.29, 1.82) is 0 Å². The van der Waals surface area contributed by atoms with Gasteiger partial charge in [-0.15, -0.1) is 0 Å². The molecule has 2 atom stereocenters. The third-order valence-corrected chi connectivity index (χ3v) is 7.81. The highest BCUT2D eigenvalue weighted by atomic mass is 19.4. The second-order valence-electron chi connectivity index (χ2n) is 10.1. The summed E-state index contributed by atoms with van der Waals surface area (Å²) < 4.78 is 84.5. The zero-order chi connectivity index (χ0) is 25.5. The lowest BCUT2D eigenvalue weighted by Gasteiger charge is -2.50. The van der Waals surface area contributed by atoms with E-state index >= 15 is 0 Å². The Morgan fingerprint density at radius 2 is 1.54 bits per heavy atom. The van der Waals surface area contributed by atoms with Crippen LogP contribution in [0.1, 0.15) is 68.1 Å². The number of rotatable bonds is 6. The number of alkyl halides is 6. The van der Waals surface area contributed by atoms with Crippen LogP contribution in [-0.4, -0.2) is 41.9 Å². The summed E-state index contributed by atoms with van der Waals surface area (Å²) in [5.41, 5.74) is -5.52. The van der Waals surface area contributed by atoms with Gasteiger partial charge in [-0.3, -0.25) is 4.79 Å². The van der Waals surface area contributed by atoms with Crippen LogP contribution in [0.5, 0.6) is 0 Å². The summed E-state index contributed by atoms with van der Waals surface area (Å²) in [6, 6.07) is 1.52. The highest BCUT2D eigenvalue weighted by Gasteiger charge is 2.61. The van der Waals surface area contributed by atoms with E-state index in [1.54, 1.807) is 0 Å². The molecule has 2 aliphatic carbocycles. The molecule has 4 rings (SSSR count). The van der Waals surface area contributed by atoms with Crippen LogP contribution in [0.3, 0.4) is 0 Å². The van der Waals surface area contributed by atoms with Crippen molar-refractivity contribution in [1.82, 2.24) is 10.6 Å². The summed E-state index contributed by atoms with van der Waals surface area (Å²) in [5.74, 6) is -0.526. The van der Waals surface area contributed by atoms with E-state index in [-0.39, 0.29) is 23.7 Å². The minimum absolute atomic E-state index is 0.0149. The van der Waals surface area contributed by atoms with E-state index < -0.39 is 46.9 Å². The maximum absolute atomic E-state index is 13.4. The maximum Gasteiger partial charge on any atom is 0.416 e. The minimum Gasteiger partial charge on any atom is -0.389 e. The monoisotopic (exact) mass is 508 g/mol. The molecule has 1 aromatic carbocycles. The normalized spacial score (nSPS) is 27.5. The summed E-state index contributed by atoms with van der Waals surface area (Å²) in [7, 11) is 0. The largest absolute Gasteiger partial charge is 0.416 e. The molecule has 2 saturated carbocycles. The van der Waals surface area contributed by atoms with Gasteiger partial charge in [-0.2, -0.15) is 26.3 Å². The second kappa shape index (κ2) is 9.55. The number of nitrogens with one attached hydrogen (secondary N) is 2. The molecule has 5 nitrogen and oxygen atoms in total. The van der Waals surface area contributed by atoms with Gasteiger partial charge in [0.2, 0.25) is 5.91 Å². The number of ether oxygens (including phenoxy) is 1. The Morgan fingerprint density at radius 3 is 2.06 bits per heavy atom. The van der Waals surface area contributed by atoms with Gasteiger partial charge in [-0.05, 0) is 75.1 Å². The Balaban J connectivity index is 1.51. The Kier molecular flexibility index (Phi) is 7.16. The molecular formula is C24H30F6N2O3. The second-order valence-corrected chi connectivity index (χ2v) is 10.1. The summed E-state index contributed by atoms with van der Waals surface area (Å²) >= 11 is 0. The van der Waals surface area contributed by atoms with Crippen molar-refractivity contribution in [2.75, 3.05) is 13.2 Å². The average Bonchev–Trinajstić information content (AvgIpc) is 3.20. The predicted octanol–water partition coefficient (Wildman–Crippen LogP) is 4.56. The van der Waals surface area contributed by atoms with Crippen LogP contribution in [0.4, 0.5) is 26.3 Å². The van der Waals surface area contributed by atoms with E-state index in [9.17, 15) is 36.2 Å². The molecule has 196 valence electrons. The van der Waals surface area contributed by atoms with E-state index in [1.165, 1.54) is 0 Å². The predicted molar refractivity (Wildman–Crippen MR) is 114 cm³/mol. The molecule has 11 heteroatoms. The summed E-state index contributed by atoms with van der Waals surface area (Å²) in [6.45, 7) is 0.801. The quantitative estimate of drug-likeness (QED) is 0.493. The van der Waals surface area contributed by atoms with Gasteiger partial charge in [0.25, 0.3) is 0 Å². The molecule has 1 amide bonds. The molecule has 35 heavy (non-hydrogen) atoms. The van der Waals surface area contributed by atoms with Gasteiger partial charge in [0.05, 0.1) is 22.1 Å². The van der Waals surface area contributed by atoms with E-state index in [4.69, 9.17) is 4.74 Å². The number of carbonyl (C=O) groups is 1. The third kappa shape index (κ3) is 5.46. The van der Waals surface area contributed by atoms with Gasteiger partial charge in [-0.25, -0.2) is 0 Å². The van der Waals surface area contributed by atoms with Gasteiger partial charge in [0, 0.05) is 31.8 Å². The number of aliphatic hydroxyl groups is 1. The fourth-order valence-corrected chi connectivity index (χ4v) is 5.69. The number of benzene rings is 1. The average molecular weight is 509 g/mol. The smallest absolute Gasteiger partial charge is 0.389 e. The molecule has 3 N–H and O–H groups in total. The van der Waals surface area contributed by atoms with Gasteiger partial charge in [-0.1, -0.05) is 0 Å². The first-order chi connectivity index (χ1) is 16.3. The van der Waals surface area contributed by atoms with Crippen molar-refractivity contribution in [3.63, 3.8) is 0 Å². The topological polar surface area (TPSA) is 70.6 Å². The zero-order valence-corrected chi connectivity index (χ0v) is 19.2. The molecule has 3 fully saturated rings. The Labute approximate surface area is 199 Å². The first-order valence-electron chi connectivity index (χ1n) is 12.0. The lowest BCUT2D eigenvalue weighted by Crippen LogP contribution is -2.59. The van der Waals surface area contributed by atoms with Crippen LogP contribution < -0.4 is 10.6 Å². The number of amides is 1. The van der Waals surface area contributed by atoms with Crippen molar-refractivity contribution in [2.24, 2.45) is 5.41 Å². The van der Waals surface area contributed by atoms with Crippen LogP contribution in [0.2, 0.25) is 0 Å². The first kappa shape index (κ1) is 26.2. The first-order valence-corrected chi connectivity index (χ1v) is 12.0. The molecule has 0 aromatic heterocycles. The molecule has 1 aliphatic heterocycles. The molecule has 2 unspecified atom stereocenters. The van der Waals surface area contributed by atoms with Crippen molar-refractivity contribution in [3.8, 4) is 0 Å². The third-order valence-electron chi connectivity index (χ3n) is 7.81. The number of hydrogen-bond acceptors (Lipinski definition) is 4. The van der Waals surface area contributed by atoms with E-state index in [2.05, 4.69) is 10.6 Å².